The molecular formula is C12H13FN4O. The third-order valence-corrected chi connectivity index (χ3v) is 2.60. The SMILES string of the molecule is Cc1cccc(Oc2nc(NN)ncc2F)c1C. The molecule has 94 valence electrons. The first-order valence-corrected chi connectivity index (χ1v) is 5.35. The van der Waals surface area contributed by atoms with Gasteiger partial charge < -0.3 is 4.74 Å². The molecule has 18 heavy (non-hydrogen) atoms. The summed E-state index contributed by atoms with van der Waals surface area (Å²) in [4.78, 5) is 7.45. The molecule has 5 nitrogen and oxygen atoms in total. The van der Waals surface area contributed by atoms with Crippen molar-refractivity contribution in [3.63, 3.8) is 0 Å². The van der Waals surface area contributed by atoms with Gasteiger partial charge in [0.1, 0.15) is 5.75 Å². The molecule has 2 aromatic rings. The minimum atomic E-state index is -0.644. The van der Waals surface area contributed by atoms with Crippen molar-refractivity contribution < 1.29 is 9.13 Å². The molecule has 0 aliphatic rings. The van der Waals surface area contributed by atoms with E-state index < -0.39 is 5.82 Å². The topological polar surface area (TPSA) is 73.1 Å². The Hall–Kier alpha value is -2.21. The summed E-state index contributed by atoms with van der Waals surface area (Å²) in [6.07, 6.45) is 1.00. The van der Waals surface area contributed by atoms with Gasteiger partial charge in [-0.25, -0.2) is 10.8 Å². The summed E-state index contributed by atoms with van der Waals surface area (Å²) >= 11 is 0. The second-order valence-corrected chi connectivity index (χ2v) is 3.79. The van der Waals surface area contributed by atoms with Crippen molar-refractivity contribution in [3.05, 3.63) is 41.3 Å². The van der Waals surface area contributed by atoms with Gasteiger partial charge in [-0.3, -0.25) is 5.43 Å². The van der Waals surface area contributed by atoms with Crippen molar-refractivity contribution in [2.45, 2.75) is 13.8 Å². The molecule has 2 rings (SSSR count). The van der Waals surface area contributed by atoms with Gasteiger partial charge in [0.2, 0.25) is 11.8 Å². The number of anilines is 1. The number of hydrogen-bond acceptors (Lipinski definition) is 5. The molecule has 0 fully saturated rings. The molecule has 3 N–H and O–H groups in total. The highest BCUT2D eigenvalue weighted by atomic mass is 19.1. The van der Waals surface area contributed by atoms with E-state index in [0.717, 1.165) is 17.3 Å². The molecule has 0 aliphatic heterocycles. The predicted molar refractivity (Wildman–Crippen MR) is 65.8 cm³/mol. The van der Waals surface area contributed by atoms with E-state index in [-0.39, 0.29) is 11.8 Å². The number of hydrazine groups is 1. The quantitative estimate of drug-likeness (QED) is 0.644. The molecule has 0 atom stereocenters. The molecule has 1 aromatic carbocycles. The molecule has 0 saturated carbocycles. The molecule has 0 unspecified atom stereocenters. The lowest BCUT2D eigenvalue weighted by atomic mass is 10.1. The zero-order valence-electron chi connectivity index (χ0n) is 10.1. The van der Waals surface area contributed by atoms with Gasteiger partial charge in [-0.15, -0.1) is 0 Å². The van der Waals surface area contributed by atoms with Crippen LogP contribution in [0.25, 0.3) is 0 Å². The smallest absolute Gasteiger partial charge is 0.260 e. The van der Waals surface area contributed by atoms with Crippen LogP contribution in [0.15, 0.2) is 24.4 Å². The zero-order chi connectivity index (χ0) is 13.1. The van der Waals surface area contributed by atoms with Gasteiger partial charge in [-0.05, 0) is 31.0 Å². The number of benzene rings is 1. The lowest BCUT2D eigenvalue weighted by Crippen LogP contribution is -2.11. The summed E-state index contributed by atoms with van der Waals surface area (Å²) in [7, 11) is 0. The van der Waals surface area contributed by atoms with E-state index in [9.17, 15) is 4.39 Å². The van der Waals surface area contributed by atoms with Crippen molar-refractivity contribution in [2.24, 2.45) is 5.84 Å². The summed E-state index contributed by atoms with van der Waals surface area (Å²) in [6, 6.07) is 5.53. The maximum Gasteiger partial charge on any atom is 0.260 e. The van der Waals surface area contributed by atoms with Gasteiger partial charge in [0, 0.05) is 0 Å². The minimum absolute atomic E-state index is 0.0942. The number of nitrogens with two attached hydrogens (primary N) is 1. The fourth-order valence-corrected chi connectivity index (χ4v) is 1.43. The molecule has 0 saturated heterocycles. The minimum Gasteiger partial charge on any atom is -0.436 e. The number of aromatic nitrogens is 2. The highest BCUT2D eigenvalue weighted by molar-refractivity contribution is 5.41. The zero-order valence-corrected chi connectivity index (χ0v) is 10.1. The van der Waals surface area contributed by atoms with Gasteiger partial charge in [-0.1, -0.05) is 12.1 Å². The largest absolute Gasteiger partial charge is 0.436 e. The second-order valence-electron chi connectivity index (χ2n) is 3.79. The van der Waals surface area contributed by atoms with Crippen LogP contribution < -0.4 is 16.0 Å². The molecule has 1 heterocycles. The Morgan fingerprint density at radius 1 is 1.33 bits per heavy atom. The van der Waals surface area contributed by atoms with Crippen LogP contribution >= 0.6 is 0 Å². The van der Waals surface area contributed by atoms with Crippen LogP contribution in [0.1, 0.15) is 11.1 Å². The lowest BCUT2D eigenvalue weighted by molar-refractivity contribution is 0.418. The van der Waals surface area contributed by atoms with Crippen molar-refractivity contribution in [3.8, 4) is 11.6 Å². The standard InChI is InChI=1S/C12H13FN4O/c1-7-4-3-5-10(8(7)2)18-11-9(13)6-15-12(16-11)17-14/h3-6H,14H2,1-2H3,(H,15,16,17). The summed E-state index contributed by atoms with van der Waals surface area (Å²) in [6.45, 7) is 3.84. The van der Waals surface area contributed by atoms with Gasteiger partial charge in [0.25, 0.3) is 5.88 Å². The van der Waals surface area contributed by atoms with E-state index in [1.54, 1.807) is 6.07 Å². The first kappa shape index (κ1) is 12.3. The Bertz CT molecular complexity index is 574. The van der Waals surface area contributed by atoms with E-state index in [4.69, 9.17) is 10.6 Å². The summed E-state index contributed by atoms with van der Waals surface area (Å²) in [5, 5.41) is 0. The fraction of sp³-hybridized carbons (Fsp3) is 0.167. The maximum absolute atomic E-state index is 13.5. The third-order valence-electron chi connectivity index (χ3n) is 2.60. The summed E-state index contributed by atoms with van der Waals surface area (Å²) in [5.74, 6) is 5.00. The normalized spacial score (nSPS) is 10.2. The highest BCUT2D eigenvalue weighted by Crippen LogP contribution is 2.27. The van der Waals surface area contributed by atoms with Crippen molar-refractivity contribution >= 4 is 5.95 Å². The van der Waals surface area contributed by atoms with E-state index in [1.807, 2.05) is 26.0 Å². The van der Waals surface area contributed by atoms with Gasteiger partial charge in [0.15, 0.2) is 0 Å². The lowest BCUT2D eigenvalue weighted by Gasteiger charge is -2.10. The number of nitrogen functional groups attached to an aromatic ring is 1. The van der Waals surface area contributed by atoms with Crippen LogP contribution in [0.2, 0.25) is 0 Å². The van der Waals surface area contributed by atoms with Gasteiger partial charge >= 0.3 is 0 Å². The fourth-order valence-electron chi connectivity index (χ4n) is 1.43. The average Bonchev–Trinajstić information content (AvgIpc) is 2.37. The number of nitrogens with zero attached hydrogens (tertiary/aromatic N) is 2. The second kappa shape index (κ2) is 4.97. The Morgan fingerprint density at radius 2 is 2.11 bits per heavy atom. The molecule has 1 aromatic heterocycles. The van der Waals surface area contributed by atoms with Crippen LogP contribution in [0.3, 0.4) is 0 Å². The first-order chi connectivity index (χ1) is 8.61. The van der Waals surface area contributed by atoms with E-state index in [2.05, 4.69) is 15.4 Å². The Morgan fingerprint density at radius 3 is 2.83 bits per heavy atom. The Kier molecular flexibility index (Phi) is 3.38. The molecule has 0 aliphatic carbocycles. The number of hydrogen-bond donors (Lipinski definition) is 2. The monoisotopic (exact) mass is 248 g/mol. The number of aryl methyl sites for hydroxylation is 1. The average molecular weight is 248 g/mol. The van der Waals surface area contributed by atoms with Crippen molar-refractivity contribution in [1.29, 1.82) is 0 Å². The predicted octanol–water partition coefficient (Wildman–Crippen LogP) is 2.31. The number of rotatable bonds is 3. The summed E-state index contributed by atoms with van der Waals surface area (Å²) in [5.41, 5.74) is 4.22. The molecule has 0 spiro atoms. The highest BCUT2D eigenvalue weighted by Gasteiger charge is 2.11. The van der Waals surface area contributed by atoms with Crippen molar-refractivity contribution in [2.75, 3.05) is 5.43 Å². The number of halogens is 1. The van der Waals surface area contributed by atoms with E-state index in [0.29, 0.717) is 5.75 Å². The molecule has 0 amide bonds. The van der Waals surface area contributed by atoms with Crippen LogP contribution in [-0.4, -0.2) is 9.97 Å². The van der Waals surface area contributed by atoms with Crippen LogP contribution in [0.4, 0.5) is 10.3 Å². The molecule has 0 bridgehead atoms. The third kappa shape index (κ3) is 2.38. The number of ether oxygens (including phenoxy) is 1. The van der Waals surface area contributed by atoms with Crippen molar-refractivity contribution in [1.82, 2.24) is 9.97 Å². The maximum atomic E-state index is 13.5. The molecular weight excluding hydrogens is 235 g/mol. The number of nitrogens with one attached hydrogen (secondary N) is 1. The molecule has 0 radical (unpaired) electrons. The van der Waals surface area contributed by atoms with E-state index >= 15 is 0 Å². The van der Waals surface area contributed by atoms with Gasteiger partial charge in [-0.2, -0.15) is 9.37 Å². The Balaban J connectivity index is 2.36. The first-order valence-electron chi connectivity index (χ1n) is 5.35. The van der Waals surface area contributed by atoms with E-state index in [1.165, 1.54) is 0 Å². The van der Waals surface area contributed by atoms with Crippen LogP contribution in [0.5, 0.6) is 11.6 Å². The van der Waals surface area contributed by atoms with Crippen LogP contribution in [-0.2, 0) is 0 Å². The Labute approximate surface area is 104 Å². The van der Waals surface area contributed by atoms with Gasteiger partial charge in [0.05, 0.1) is 6.20 Å². The molecule has 6 heteroatoms. The van der Waals surface area contributed by atoms with Crippen LogP contribution in [0, 0.1) is 19.7 Å². The summed E-state index contributed by atoms with van der Waals surface area (Å²) < 4.78 is 18.9.